The molecule has 1 N–H and O–H groups in total. The minimum absolute atomic E-state index is 0. The highest BCUT2D eigenvalue weighted by atomic mass is 35.5. The van der Waals surface area contributed by atoms with Crippen molar-refractivity contribution in [1.29, 1.82) is 0 Å². The van der Waals surface area contributed by atoms with Gasteiger partial charge in [0, 0.05) is 12.4 Å². The molecular weight excluding hydrogens is 185 g/mol. The number of imidazole rings is 1. The lowest BCUT2D eigenvalue weighted by Gasteiger charge is -2.04. The van der Waals surface area contributed by atoms with E-state index in [4.69, 9.17) is 0 Å². The molecule has 0 radical (unpaired) electrons. The van der Waals surface area contributed by atoms with Gasteiger partial charge in [0.05, 0.1) is 6.54 Å². The van der Waals surface area contributed by atoms with Crippen LogP contribution in [0.5, 0.6) is 0 Å². The summed E-state index contributed by atoms with van der Waals surface area (Å²) in [6, 6.07) is 0. The molecule has 1 aromatic heterocycles. The second-order valence-corrected chi connectivity index (χ2v) is 2.27. The van der Waals surface area contributed by atoms with Gasteiger partial charge in [0.2, 0.25) is 0 Å². The fraction of sp³-hybridized carbons (Fsp3) is 0.500. The third-order valence-electron chi connectivity index (χ3n) is 1.02. The van der Waals surface area contributed by atoms with Gasteiger partial charge in [-0.2, -0.15) is 0 Å². The maximum Gasteiger partial charge on any atom is 0.120 e. The van der Waals surface area contributed by atoms with E-state index in [1.54, 1.807) is 6.20 Å². The second kappa shape index (κ2) is 6.46. The molecule has 11 heavy (non-hydrogen) atoms. The molecule has 0 atom stereocenters. The summed E-state index contributed by atoms with van der Waals surface area (Å²) in [4.78, 5) is 9.14. The van der Waals surface area contributed by atoms with Crippen LogP contribution in [0.4, 0.5) is 0 Å². The van der Waals surface area contributed by atoms with Gasteiger partial charge in [-0.15, -0.1) is 24.8 Å². The lowest BCUT2D eigenvalue weighted by Crippen LogP contribution is -2.11. The molecule has 5 heteroatoms. The molecule has 0 unspecified atom stereocenters. The highest BCUT2D eigenvalue weighted by molar-refractivity contribution is 5.85. The van der Waals surface area contributed by atoms with Crippen LogP contribution in [-0.4, -0.2) is 29.0 Å². The minimum Gasteiger partial charge on any atom is -0.348 e. The Kier molecular flexibility index (Phi) is 7.84. The first kappa shape index (κ1) is 13.3. The van der Waals surface area contributed by atoms with Crippen molar-refractivity contribution in [2.24, 2.45) is 0 Å². The van der Waals surface area contributed by atoms with Crippen molar-refractivity contribution in [3.8, 4) is 0 Å². The first-order valence-corrected chi connectivity index (χ1v) is 2.92. The number of nitrogens with one attached hydrogen (secondary N) is 1. The molecule has 0 aliphatic heterocycles. The molecule has 0 aromatic carbocycles. The van der Waals surface area contributed by atoms with Crippen molar-refractivity contribution in [1.82, 2.24) is 14.9 Å². The number of rotatable bonds is 2. The smallest absolute Gasteiger partial charge is 0.120 e. The number of H-pyrrole nitrogens is 1. The summed E-state index contributed by atoms with van der Waals surface area (Å²) in [5, 5.41) is 0. The zero-order chi connectivity index (χ0) is 6.69. The Balaban J connectivity index is 0. The Morgan fingerprint density at radius 1 is 1.45 bits per heavy atom. The first-order valence-electron chi connectivity index (χ1n) is 2.92. The van der Waals surface area contributed by atoms with Crippen LogP contribution in [-0.2, 0) is 6.54 Å². The van der Waals surface area contributed by atoms with E-state index in [0.29, 0.717) is 0 Å². The standard InChI is InChI=1S/C6H11N3.2ClH/c1-9(2)5-6-7-3-4-8-6;;/h3-4H,5H2,1-2H3,(H,7,8);2*1H. The van der Waals surface area contributed by atoms with Crippen LogP contribution in [0.3, 0.4) is 0 Å². The molecule has 1 rings (SSSR count). The first-order chi connectivity index (χ1) is 4.29. The molecule has 0 fully saturated rings. The number of aromatic nitrogens is 2. The summed E-state index contributed by atoms with van der Waals surface area (Å²) in [7, 11) is 4.03. The molecule has 0 aliphatic rings. The van der Waals surface area contributed by atoms with Crippen LogP contribution < -0.4 is 0 Å². The van der Waals surface area contributed by atoms with Gasteiger partial charge in [0.15, 0.2) is 0 Å². The molecular formula is C6H13Cl2N3. The van der Waals surface area contributed by atoms with E-state index >= 15 is 0 Å². The Hall–Kier alpha value is -0.250. The summed E-state index contributed by atoms with van der Waals surface area (Å²) >= 11 is 0. The third-order valence-corrected chi connectivity index (χ3v) is 1.02. The fourth-order valence-corrected chi connectivity index (χ4v) is 0.684. The highest BCUT2D eigenvalue weighted by Crippen LogP contribution is 1.90. The quantitative estimate of drug-likeness (QED) is 0.776. The van der Waals surface area contributed by atoms with Gasteiger partial charge in [0.25, 0.3) is 0 Å². The average molecular weight is 198 g/mol. The van der Waals surface area contributed by atoms with E-state index in [1.165, 1.54) is 0 Å². The average Bonchev–Trinajstić information content (AvgIpc) is 2.15. The summed E-state index contributed by atoms with van der Waals surface area (Å²) in [6.45, 7) is 0.882. The van der Waals surface area contributed by atoms with Crippen molar-refractivity contribution in [3.63, 3.8) is 0 Å². The molecule has 0 saturated heterocycles. The normalized spacial score (nSPS) is 8.64. The molecule has 1 heterocycles. The topological polar surface area (TPSA) is 31.9 Å². The maximum absolute atomic E-state index is 4.06. The number of halogens is 2. The SMILES string of the molecule is CN(C)Cc1ncc[nH]1.Cl.Cl. The monoisotopic (exact) mass is 197 g/mol. The van der Waals surface area contributed by atoms with E-state index in [0.717, 1.165) is 12.4 Å². The van der Waals surface area contributed by atoms with Crippen LogP contribution in [0.15, 0.2) is 12.4 Å². The van der Waals surface area contributed by atoms with Gasteiger partial charge in [-0.25, -0.2) is 4.98 Å². The van der Waals surface area contributed by atoms with Gasteiger partial charge in [0.1, 0.15) is 5.82 Å². The van der Waals surface area contributed by atoms with E-state index < -0.39 is 0 Å². The van der Waals surface area contributed by atoms with Crippen LogP contribution >= 0.6 is 24.8 Å². The Labute approximate surface area is 79.0 Å². The van der Waals surface area contributed by atoms with Gasteiger partial charge in [-0.05, 0) is 14.1 Å². The van der Waals surface area contributed by atoms with Crippen molar-refractivity contribution in [2.75, 3.05) is 14.1 Å². The van der Waals surface area contributed by atoms with Crippen LogP contribution in [0.2, 0.25) is 0 Å². The van der Waals surface area contributed by atoms with Crippen molar-refractivity contribution >= 4 is 24.8 Å². The molecule has 3 nitrogen and oxygen atoms in total. The van der Waals surface area contributed by atoms with Crippen LogP contribution in [0.25, 0.3) is 0 Å². The zero-order valence-corrected chi connectivity index (χ0v) is 8.21. The van der Waals surface area contributed by atoms with Gasteiger partial charge >= 0.3 is 0 Å². The second-order valence-electron chi connectivity index (χ2n) is 2.27. The van der Waals surface area contributed by atoms with Gasteiger partial charge < -0.3 is 9.88 Å². The van der Waals surface area contributed by atoms with E-state index in [1.807, 2.05) is 20.3 Å². The van der Waals surface area contributed by atoms with Crippen molar-refractivity contribution in [2.45, 2.75) is 6.54 Å². The molecule has 0 saturated carbocycles. The molecule has 0 amide bonds. The zero-order valence-electron chi connectivity index (χ0n) is 6.57. The molecule has 66 valence electrons. The van der Waals surface area contributed by atoms with Crippen molar-refractivity contribution < 1.29 is 0 Å². The lowest BCUT2D eigenvalue weighted by molar-refractivity contribution is 0.392. The Bertz CT molecular complexity index is 162. The largest absolute Gasteiger partial charge is 0.348 e. The molecule has 0 aliphatic carbocycles. The van der Waals surface area contributed by atoms with E-state index in [9.17, 15) is 0 Å². The van der Waals surface area contributed by atoms with Gasteiger partial charge in [-0.1, -0.05) is 0 Å². The van der Waals surface area contributed by atoms with Crippen molar-refractivity contribution in [3.05, 3.63) is 18.2 Å². The highest BCUT2D eigenvalue weighted by Gasteiger charge is 1.93. The third kappa shape index (κ3) is 5.07. The minimum atomic E-state index is 0. The fourth-order valence-electron chi connectivity index (χ4n) is 0.684. The summed E-state index contributed by atoms with van der Waals surface area (Å²) in [6.07, 6.45) is 3.59. The van der Waals surface area contributed by atoms with E-state index in [-0.39, 0.29) is 24.8 Å². The van der Waals surface area contributed by atoms with Crippen LogP contribution in [0, 0.1) is 0 Å². The molecule has 0 bridgehead atoms. The van der Waals surface area contributed by atoms with Crippen LogP contribution in [0.1, 0.15) is 5.82 Å². The van der Waals surface area contributed by atoms with E-state index in [2.05, 4.69) is 14.9 Å². The Morgan fingerprint density at radius 2 is 2.09 bits per heavy atom. The lowest BCUT2D eigenvalue weighted by atomic mass is 10.6. The maximum atomic E-state index is 4.06. The summed E-state index contributed by atoms with van der Waals surface area (Å²) in [5.74, 6) is 1.01. The predicted octanol–water partition coefficient (Wildman–Crippen LogP) is 1.31. The molecule has 0 spiro atoms. The summed E-state index contributed by atoms with van der Waals surface area (Å²) < 4.78 is 0. The Morgan fingerprint density at radius 3 is 2.45 bits per heavy atom. The number of aromatic amines is 1. The predicted molar refractivity (Wildman–Crippen MR) is 50.5 cm³/mol. The molecule has 1 aromatic rings. The number of hydrogen-bond acceptors (Lipinski definition) is 2. The number of nitrogens with zero attached hydrogens (tertiary/aromatic N) is 2. The summed E-state index contributed by atoms with van der Waals surface area (Å²) in [5.41, 5.74) is 0. The number of hydrogen-bond donors (Lipinski definition) is 1. The van der Waals surface area contributed by atoms with Gasteiger partial charge in [-0.3, -0.25) is 0 Å².